The van der Waals surface area contributed by atoms with E-state index in [0.717, 1.165) is 40.2 Å². The first-order valence-corrected chi connectivity index (χ1v) is 11.1. The van der Waals surface area contributed by atoms with Crippen molar-refractivity contribution in [1.82, 2.24) is 4.98 Å². The second kappa shape index (κ2) is 9.04. The lowest BCUT2D eigenvalue weighted by Crippen LogP contribution is -2.45. The minimum absolute atomic E-state index is 0.217. The molecule has 0 spiro atoms. The Labute approximate surface area is 175 Å². The molecule has 30 heavy (non-hydrogen) atoms. The van der Waals surface area contributed by atoms with Gasteiger partial charge < -0.3 is 5.32 Å². The van der Waals surface area contributed by atoms with Crippen molar-refractivity contribution in [3.8, 4) is 0 Å². The summed E-state index contributed by atoms with van der Waals surface area (Å²) in [4.78, 5) is 16.7. The van der Waals surface area contributed by atoms with Crippen LogP contribution in [0.25, 0.3) is 0 Å². The third-order valence-electron chi connectivity index (χ3n) is 4.55. The molecule has 0 bridgehead atoms. The fourth-order valence-corrected chi connectivity index (χ4v) is 4.26. The highest BCUT2D eigenvalue weighted by Crippen LogP contribution is 2.22. The van der Waals surface area contributed by atoms with Crippen LogP contribution in [0.5, 0.6) is 0 Å². The predicted molar refractivity (Wildman–Crippen MR) is 115 cm³/mol. The molecule has 0 aliphatic carbocycles. The zero-order valence-corrected chi connectivity index (χ0v) is 17.4. The van der Waals surface area contributed by atoms with Gasteiger partial charge in [0.2, 0.25) is 15.9 Å². The molecule has 8 heteroatoms. The Morgan fingerprint density at radius 2 is 1.57 bits per heavy atom. The number of anilines is 2. The van der Waals surface area contributed by atoms with Crippen LogP contribution in [0.15, 0.2) is 73.1 Å². The lowest BCUT2D eigenvalue weighted by Gasteiger charge is -2.28. The summed E-state index contributed by atoms with van der Waals surface area (Å²) in [6.45, 7) is 1.48. The largest absolute Gasteiger partial charge is 0.324 e. The topological polar surface area (TPSA) is 79.4 Å². The van der Waals surface area contributed by atoms with E-state index >= 15 is 0 Å². The van der Waals surface area contributed by atoms with Crippen LogP contribution in [-0.4, -0.2) is 31.6 Å². The summed E-state index contributed by atoms with van der Waals surface area (Å²) in [5.41, 5.74) is 2.96. The smallest absolute Gasteiger partial charge is 0.247 e. The Balaban J connectivity index is 1.72. The van der Waals surface area contributed by atoms with Gasteiger partial charge in [0, 0.05) is 18.1 Å². The van der Waals surface area contributed by atoms with Crippen LogP contribution >= 0.6 is 0 Å². The van der Waals surface area contributed by atoms with E-state index in [-0.39, 0.29) is 5.69 Å². The molecule has 0 fully saturated rings. The monoisotopic (exact) mass is 427 g/mol. The maximum absolute atomic E-state index is 13.2. The van der Waals surface area contributed by atoms with Gasteiger partial charge in [0.1, 0.15) is 11.9 Å². The van der Waals surface area contributed by atoms with Crippen molar-refractivity contribution in [1.29, 1.82) is 0 Å². The number of aromatic nitrogens is 1. The molecule has 1 atom stereocenters. The van der Waals surface area contributed by atoms with E-state index in [9.17, 15) is 17.6 Å². The number of sulfonamides is 1. The second-order valence-electron chi connectivity index (χ2n) is 6.93. The Hall–Kier alpha value is -3.26. The van der Waals surface area contributed by atoms with Crippen LogP contribution in [0, 0.1) is 5.82 Å². The van der Waals surface area contributed by atoms with Crippen LogP contribution in [0.2, 0.25) is 0 Å². The Morgan fingerprint density at radius 1 is 1.00 bits per heavy atom. The number of hydrogen-bond acceptors (Lipinski definition) is 4. The highest BCUT2D eigenvalue weighted by molar-refractivity contribution is 7.92. The average Bonchev–Trinajstić information content (AvgIpc) is 2.71. The Kier molecular flexibility index (Phi) is 6.47. The normalized spacial score (nSPS) is 12.2. The molecule has 2 aromatic carbocycles. The fourth-order valence-electron chi connectivity index (χ4n) is 3.09. The van der Waals surface area contributed by atoms with Crippen LogP contribution in [-0.2, 0) is 21.2 Å². The quantitative estimate of drug-likeness (QED) is 0.625. The summed E-state index contributed by atoms with van der Waals surface area (Å²) < 4.78 is 38.7. The number of hydrogen-bond donors (Lipinski definition) is 1. The van der Waals surface area contributed by atoms with Crippen molar-refractivity contribution < 1.29 is 17.6 Å². The van der Waals surface area contributed by atoms with Gasteiger partial charge in [0.25, 0.3) is 0 Å². The van der Waals surface area contributed by atoms with Crippen LogP contribution < -0.4 is 9.62 Å². The van der Waals surface area contributed by atoms with Crippen molar-refractivity contribution in [2.75, 3.05) is 15.9 Å². The number of nitrogens with zero attached hydrogens (tertiary/aromatic N) is 2. The second-order valence-corrected chi connectivity index (χ2v) is 8.79. The number of halogens is 1. The summed E-state index contributed by atoms with van der Waals surface area (Å²) in [5, 5.41) is 2.74. The molecule has 3 aromatic rings. The molecule has 3 rings (SSSR count). The summed E-state index contributed by atoms with van der Waals surface area (Å²) >= 11 is 0. The third-order valence-corrected chi connectivity index (χ3v) is 5.79. The maximum atomic E-state index is 13.2. The van der Waals surface area contributed by atoms with E-state index in [1.165, 1.54) is 19.1 Å². The molecule has 1 heterocycles. The molecule has 1 aromatic heterocycles. The Morgan fingerprint density at radius 3 is 2.13 bits per heavy atom. The lowest BCUT2D eigenvalue weighted by atomic mass is 10.1. The van der Waals surface area contributed by atoms with Gasteiger partial charge in [-0.1, -0.05) is 12.1 Å². The number of carbonyl (C=O) groups excluding carboxylic acids is 1. The van der Waals surface area contributed by atoms with E-state index < -0.39 is 27.8 Å². The Bertz CT molecular complexity index is 1100. The maximum Gasteiger partial charge on any atom is 0.247 e. The van der Waals surface area contributed by atoms with Crippen molar-refractivity contribution >= 4 is 27.3 Å². The van der Waals surface area contributed by atoms with Gasteiger partial charge in [0.05, 0.1) is 11.9 Å². The number of benzene rings is 2. The van der Waals surface area contributed by atoms with E-state index in [0.29, 0.717) is 5.69 Å². The molecule has 156 valence electrons. The first-order valence-electron chi connectivity index (χ1n) is 9.28. The minimum atomic E-state index is -3.76. The average molecular weight is 428 g/mol. The summed E-state index contributed by atoms with van der Waals surface area (Å²) in [6, 6.07) is 15.1. The van der Waals surface area contributed by atoms with Crippen molar-refractivity contribution in [2.45, 2.75) is 19.4 Å². The van der Waals surface area contributed by atoms with Gasteiger partial charge in [-0.05, 0) is 73.0 Å². The highest BCUT2D eigenvalue weighted by Gasteiger charge is 2.29. The zero-order valence-electron chi connectivity index (χ0n) is 16.6. The van der Waals surface area contributed by atoms with Gasteiger partial charge in [-0.3, -0.25) is 14.1 Å². The number of amides is 1. The lowest BCUT2D eigenvalue weighted by molar-refractivity contribution is -0.116. The molecule has 6 nitrogen and oxygen atoms in total. The SMILES string of the molecule is C[C@H](C(=O)Nc1ccc(Cc2ccncc2)cc1)N(c1ccc(F)cc1)S(C)(=O)=O. The number of rotatable bonds is 7. The minimum Gasteiger partial charge on any atom is -0.324 e. The summed E-state index contributed by atoms with van der Waals surface area (Å²) in [5.74, 6) is -0.984. The molecular weight excluding hydrogens is 405 g/mol. The fraction of sp³-hybridized carbons (Fsp3) is 0.182. The van der Waals surface area contributed by atoms with Gasteiger partial charge in [-0.2, -0.15) is 0 Å². The van der Waals surface area contributed by atoms with Gasteiger partial charge >= 0.3 is 0 Å². The molecule has 0 saturated carbocycles. The predicted octanol–water partition coefficient (Wildman–Crippen LogP) is 3.60. The van der Waals surface area contributed by atoms with E-state index in [2.05, 4.69) is 10.3 Å². The van der Waals surface area contributed by atoms with E-state index in [4.69, 9.17) is 0 Å². The molecule has 1 amide bonds. The standard InChI is InChI=1S/C22H22FN3O3S/c1-16(26(30(2,28)29)21-9-5-19(23)6-10-21)22(27)25-20-7-3-17(4-8-20)15-18-11-13-24-14-12-18/h3-14,16H,15H2,1-2H3,(H,25,27)/t16-/m1/s1. The van der Waals surface area contributed by atoms with Crippen molar-refractivity contribution in [3.63, 3.8) is 0 Å². The molecule has 0 aliphatic heterocycles. The van der Waals surface area contributed by atoms with E-state index in [1.807, 2.05) is 24.3 Å². The molecule has 0 saturated heterocycles. The first-order chi connectivity index (χ1) is 14.2. The molecular formula is C22H22FN3O3S. The first kappa shape index (κ1) is 21.4. The molecule has 0 radical (unpaired) electrons. The number of pyridine rings is 1. The van der Waals surface area contributed by atoms with E-state index in [1.54, 1.807) is 24.5 Å². The zero-order chi connectivity index (χ0) is 21.7. The summed E-state index contributed by atoms with van der Waals surface area (Å²) in [7, 11) is -3.76. The highest BCUT2D eigenvalue weighted by atomic mass is 32.2. The third kappa shape index (κ3) is 5.42. The molecule has 0 unspecified atom stereocenters. The van der Waals surface area contributed by atoms with Crippen molar-refractivity contribution in [2.24, 2.45) is 0 Å². The number of nitrogens with one attached hydrogen (secondary N) is 1. The van der Waals surface area contributed by atoms with Crippen LogP contribution in [0.1, 0.15) is 18.1 Å². The van der Waals surface area contributed by atoms with Gasteiger partial charge in [0.15, 0.2) is 0 Å². The van der Waals surface area contributed by atoms with Crippen LogP contribution in [0.4, 0.5) is 15.8 Å². The molecule has 1 N–H and O–H groups in total. The van der Waals surface area contributed by atoms with Crippen molar-refractivity contribution in [3.05, 3.63) is 90.0 Å². The van der Waals surface area contributed by atoms with Gasteiger partial charge in [-0.15, -0.1) is 0 Å². The molecule has 0 aliphatic rings. The van der Waals surface area contributed by atoms with Crippen LogP contribution in [0.3, 0.4) is 0 Å². The van der Waals surface area contributed by atoms with Gasteiger partial charge in [-0.25, -0.2) is 12.8 Å². The number of carbonyl (C=O) groups is 1. The summed E-state index contributed by atoms with van der Waals surface area (Å²) in [6.07, 6.45) is 5.22.